The first kappa shape index (κ1) is 22.1. The van der Waals surface area contributed by atoms with Crippen molar-refractivity contribution in [3.63, 3.8) is 0 Å². The van der Waals surface area contributed by atoms with Crippen LogP contribution in [0.2, 0.25) is 0 Å². The summed E-state index contributed by atoms with van der Waals surface area (Å²) in [4.78, 5) is 12.8. The third kappa shape index (κ3) is 4.94. The van der Waals surface area contributed by atoms with Crippen molar-refractivity contribution in [3.8, 4) is 0 Å². The summed E-state index contributed by atoms with van der Waals surface area (Å²) in [6.45, 7) is 9.38. The minimum absolute atomic E-state index is 0.0758. The molecule has 160 valence electrons. The molecule has 0 amide bonds. The number of hydrogen-bond donors (Lipinski definition) is 0. The topological polar surface area (TPSA) is 86.9 Å². The normalized spacial score (nSPS) is 18.6. The highest BCUT2D eigenvalue weighted by atomic mass is 32.2. The Morgan fingerprint density at radius 1 is 1.31 bits per heavy atom. The number of hydrogen-bond acceptors (Lipinski definition) is 6. The van der Waals surface area contributed by atoms with E-state index in [1.807, 2.05) is 31.5 Å². The fraction of sp³-hybridized carbons (Fsp3) is 0.650. The van der Waals surface area contributed by atoms with Crippen LogP contribution in [0.5, 0.6) is 0 Å². The van der Waals surface area contributed by atoms with Gasteiger partial charge in [-0.05, 0) is 38.7 Å². The molecule has 0 spiro atoms. The molecular formula is C20H30N4O3S2. The maximum absolute atomic E-state index is 12.8. The molecule has 1 aliphatic heterocycles. The molecule has 1 fully saturated rings. The Kier molecular flexibility index (Phi) is 6.57. The molecule has 0 saturated carbocycles. The summed E-state index contributed by atoms with van der Waals surface area (Å²) in [6.07, 6.45) is 1.66. The van der Waals surface area contributed by atoms with Gasteiger partial charge in [-0.1, -0.05) is 25.6 Å². The summed E-state index contributed by atoms with van der Waals surface area (Å²) in [7, 11) is -1.14. The zero-order chi connectivity index (χ0) is 21.3. The van der Waals surface area contributed by atoms with Crippen molar-refractivity contribution in [2.45, 2.75) is 58.2 Å². The van der Waals surface area contributed by atoms with E-state index in [0.717, 1.165) is 29.9 Å². The number of aryl methyl sites for hydroxylation is 1. The summed E-state index contributed by atoms with van der Waals surface area (Å²) in [6, 6.07) is 1.98. The van der Waals surface area contributed by atoms with Gasteiger partial charge in [0, 0.05) is 36.5 Å². The molecule has 2 aromatic rings. The average Bonchev–Trinajstić information content (AvgIpc) is 3.27. The first-order valence-corrected chi connectivity index (χ1v) is 12.8. The molecule has 7 nitrogen and oxygen atoms in total. The van der Waals surface area contributed by atoms with E-state index in [-0.39, 0.29) is 29.0 Å². The van der Waals surface area contributed by atoms with E-state index in [2.05, 4.69) is 28.6 Å². The second kappa shape index (κ2) is 8.63. The van der Waals surface area contributed by atoms with E-state index in [1.54, 1.807) is 0 Å². The number of ketones is 1. The summed E-state index contributed by atoms with van der Waals surface area (Å²) >= 11 is 1.35. The summed E-state index contributed by atoms with van der Waals surface area (Å²) in [5.74, 6) is 1.89. The molecule has 1 saturated heterocycles. The molecule has 3 rings (SSSR count). The molecular weight excluding hydrogens is 408 g/mol. The molecule has 2 aromatic heterocycles. The fourth-order valence-corrected chi connectivity index (χ4v) is 6.37. The van der Waals surface area contributed by atoms with Gasteiger partial charge in [0.05, 0.1) is 17.3 Å². The summed E-state index contributed by atoms with van der Waals surface area (Å²) in [5.41, 5.74) is 2.89. The molecule has 0 N–H and O–H groups in total. The second-order valence-electron chi connectivity index (χ2n) is 8.33. The number of nitrogens with zero attached hydrogens (tertiary/aromatic N) is 4. The largest absolute Gasteiger partial charge is 0.348 e. The molecule has 29 heavy (non-hydrogen) atoms. The van der Waals surface area contributed by atoms with Crippen LogP contribution in [0.15, 0.2) is 11.2 Å². The van der Waals surface area contributed by atoms with E-state index < -0.39 is 9.84 Å². The lowest BCUT2D eigenvalue weighted by atomic mass is 10.1. The van der Waals surface area contributed by atoms with Crippen molar-refractivity contribution in [1.29, 1.82) is 0 Å². The van der Waals surface area contributed by atoms with Crippen LogP contribution in [0.3, 0.4) is 0 Å². The summed E-state index contributed by atoms with van der Waals surface area (Å²) < 4.78 is 27.5. The van der Waals surface area contributed by atoms with E-state index in [4.69, 9.17) is 0 Å². The maximum atomic E-state index is 12.8. The number of aromatic nitrogens is 4. The van der Waals surface area contributed by atoms with Crippen LogP contribution in [0.4, 0.5) is 0 Å². The Bertz CT molecular complexity index is 1010. The van der Waals surface area contributed by atoms with Crippen molar-refractivity contribution in [3.05, 3.63) is 28.8 Å². The lowest BCUT2D eigenvalue weighted by Gasteiger charge is -2.11. The van der Waals surface area contributed by atoms with Gasteiger partial charge in [0.15, 0.2) is 20.8 Å². The molecule has 9 heteroatoms. The predicted molar refractivity (Wildman–Crippen MR) is 115 cm³/mol. The van der Waals surface area contributed by atoms with Crippen LogP contribution < -0.4 is 0 Å². The number of Topliss-reactive ketones (excluding diaryl/α,β-unsaturated/α-hetero) is 1. The number of rotatable bonds is 8. The highest BCUT2D eigenvalue weighted by Gasteiger charge is 2.32. The lowest BCUT2D eigenvalue weighted by molar-refractivity contribution is 0.102. The zero-order valence-corrected chi connectivity index (χ0v) is 19.4. The van der Waals surface area contributed by atoms with E-state index in [1.165, 1.54) is 11.8 Å². The van der Waals surface area contributed by atoms with Crippen molar-refractivity contribution >= 4 is 27.4 Å². The minimum Gasteiger partial charge on any atom is -0.348 e. The molecule has 3 heterocycles. The average molecular weight is 439 g/mol. The molecule has 0 radical (unpaired) electrons. The van der Waals surface area contributed by atoms with Gasteiger partial charge < -0.3 is 9.13 Å². The second-order valence-corrected chi connectivity index (χ2v) is 11.5. The van der Waals surface area contributed by atoms with Crippen LogP contribution >= 0.6 is 11.8 Å². The van der Waals surface area contributed by atoms with Crippen LogP contribution in [0, 0.1) is 19.8 Å². The molecule has 0 bridgehead atoms. The predicted octanol–water partition coefficient (Wildman–Crippen LogP) is 3.16. The Balaban J connectivity index is 1.67. The smallest absolute Gasteiger partial charge is 0.191 e. The van der Waals surface area contributed by atoms with Gasteiger partial charge in [0.1, 0.15) is 5.82 Å². The van der Waals surface area contributed by atoms with E-state index >= 15 is 0 Å². The van der Waals surface area contributed by atoms with Gasteiger partial charge in [0.25, 0.3) is 0 Å². The van der Waals surface area contributed by atoms with Gasteiger partial charge in [0.2, 0.25) is 0 Å². The first-order valence-electron chi connectivity index (χ1n) is 10.0. The Morgan fingerprint density at radius 3 is 2.66 bits per heavy atom. The number of thioether (sulfide) groups is 1. The van der Waals surface area contributed by atoms with Crippen LogP contribution in [0.1, 0.15) is 60.2 Å². The fourth-order valence-electron chi connectivity index (χ4n) is 3.83. The number of sulfone groups is 1. The van der Waals surface area contributed by atoms with Gasteiger partial charge in [-0.3, -0.25) is 4.79 Å². The number of carbonyl (C=O) groups is 1. The van der Waals surface area contributed by atoms with Crippen LogP contribution in [-0.4, -0.2) is 50.8 Å². The third-order valence-electron chi connectivity index (χ3n) is 5.60. The Hall–Kier alpha value is -1.61. The number of carbonyl (C=O) groups excluding carboxylic acids is 1. The lowest BCUT2D eigenvalue weighted by Crippen LogP contribution is -2.10. The van der Waals surface area contributed by atoms with Crippen LogP contribution in [-0.2, 0) is 23.4 Å². The van der Waals surface area contributed by atoms with Gasteiger partial charge in [-0.15, -0.1) is 10.2 Å². The molecule has 0 aromatic carbocycles. The standard InChI is InChI=1S/C20H30N4O3S2/c1-13(2)6-8-24-14(3)10-17(15(24)4)18(25)11-28-20-22-21-19(23(20)5)16-7-9-29(26,27)12-16/h10,13,16H,6-9,11-12H2,1-5H3. The summed E-state index contributed by atoms with van der Waals surface area (Å²) in [5, 5.41) is 9.04. The Labute approximate surface area is 177 Å². The highest BCUT2D eigenvalue weighted by molar-refractivity contribution is 7.99. The minimum atomic E-state index is -2.97. The van der Waals surface area contributed by atoms with Gasteiger partial charge in [-0.2, -0.15) is 0 Å². The van der Waals surface area contributed by atoms with Gasteiger partial charge in [-0.25, -0.2) is 8.42 Å². The van der Waals surface area contributed by atoms with Crippen molar-refractivity contribution < 1.29 is 13.2 Å². The highest BCUT2D eigenvalue weighted by Crippen LogP contribution is 2.29. The molecule has 1 aliphatic rings. The van der Waals surface area contributed by atoms with E-state index in [9.17, 15) is 13.2 Å². The quantitative estimate of drug-likeness (QED) is 0.465. The molecule has 1 unspecified atom stereocenters. The van der Waals surface area contributed by atoms with Crippen molar-refractivity contribution in [2.24, 2.45) is 13.0 Å². The van der Waals surface area contributed by atoms with Crippen molar-refractivity contribution in [1.82, 2.24) is 19.3 Å². The monoisotopic (exact) mass is 438 g/mol. The Morgan fingerprint density at radius 2 is 2.03 bits per heavy atom. The zero-order valence-electron chi connectivity index (χ0n) is 17.8. The van der Waals surface area contributed by atoms with Crippen LogP contribution in [0.25, 0.3) is 0 Å². The molecule has 1 atom stereocenters. The third-order valence-corrected chi connectivity index (χ3v) is 8.39. The van der Waals surface area contributed by atoms with E-state index in [0.29, 0.717) is 23.3 Å². The molecule has 0 aliphatic carbocycles. The van der Waals surface area contributed by atoms with Crippen molar-refractivity contribution in [2.75, 3.05) is 17.3 Å². The first-order chi connectivity index (χ1) is 13.6. The SMILES string of the molecule is Cc1cc(C(=O)CSc2nnc(C3CCS(=O)(=O)C3)n2C)c(C)n1CCC(C)C. The van der Waals surface area contributed by atoms with Gasteiger partial charge >= 0.3 is 0 Å². The maximum Gasteiger partial charge on any atom is 0.191 e.